The van der Waals surface area contributed by atoms with Crippen molar-refractivity contribution in [3.05, 3.63) is 53.0 Å². The number of aromatic nitrogens is 1. The van der Waals surface area contributed by atoms with Crippen LogP contribution in [0.5, 0.6) is 5.75 Å². The number of benzene rings is 1. The highest BCUT2D eigenvalue weighted by atomic mass is 19.1. The van der Waals surface area contributed by atoms with Crippen molar-refractivity contribution in [2.75, 3.05) is 32.1 Å². The van der Waals surface area contributed by atoms with Crippen LogP contribution >= 0.6 is 0 Å². The number of ether oxygens (including phenoxy) is 2. The maximum atomic E-state index is 14.7. The molecule has 2 aliphatic rings. The van der Waals surface area contributed by atoms with E-state index in [9.17, 15) is 14.3 Å². The Hall–Kier alpha value is -2.71. The molecular weight excluding hydrogens is 473 g/mol. The normalized spacial score (nSPS) is 20.5. The fraction of sp³-hybridized carbons (Fsp3) is 0.586. The molecule has 1 saturated heterocycles. The van der Waals surface area contributed by atoms with Crippen LogP contribution in [0.3, 0.4) is 0 Å². The van der Waals surface area contributed by atoms with Crippen molar-refractivity contribution in [1.82, 2.24) is 9.88 Å². The molecule has 3 heterocycles. The predicted molar refractivity (Wildman–Crippen MR) is 142 cm³/mol. The van der Waals surface area contributed by atoms with Gasteiger partial charge in [0.2, 0.25) is 0 Å². The van der Waals surface area contributed by atoms with Crippen LogP contribution < -0.4 is 10.1 Å². The van der Waals surface area contributed by atoms with E-state index in [4.69, 9.17) is 9.47 Å². The van der Waals surface area contributed by atoms with Gasteiger partial charge in [0.15, 0.2) is 11.6 Å². The number of aliphatic carboxylic acids is 1. The third kappa shape index (κ3) is 6.79. The second-order valence-electron chi connectivity index (χ2n) is 10.5. The topological polar surface area (TPSA) is 83.9 Å². The van der Waals surface area contributed by atoms with Gasteiger partial charge in [-0.3, -0.25) is 9.69 Å². The van der Waals surface area contributed by atoms with Crippen molar-refractivity contribution in [3.8, 4) is 5.75 Å². The van der Waals surface area contributed by atoms with Gasteiger partial charge in [0.25, 0.3) is 0 Å². The molecule has 4 rings (SSSR count). The first kappa shape index (κ1) is 27.3. The van der Waals surface area contributed by atoms with Gasteiger partial charge in [0.05, 0.1) is 13.2 Å². The number of nitrogens with one attached hydrogen (secondary N) is 1. The lowest BCUT2D eigenvalue weighted by Crippen LogP contribution is -2.34. The Balaban J connectivity index is 1.23. The summed E-state index contributed by atoms with van der Waals surface area (Å²) in [6, 6.07) is 6.85. The number of likely N-dealkylation sites (tertiary alicyclic amines) is 1. The highest BCUT2D eigenvalue weighted by molar-refractivity contribution is 5.77. The molecule has 1 fully saturated rings. The molecule has 0 radical (unpaired) electrons. The Morgan fingerprint density at radius 1 is 1.27 bits per heavy atom. The molecule has 3 atom stereocenters. The van der Waals surface area contributed by atoms with Crippen LogP contribution in [-0.2, 0) is 16.0 Å². The standard InChI is InChI=1S/C29H40FN3O4/c1-19(2)21-16-24(27(36-3)25(30)17-21)26(29(34)35)33-14-12-23(18-33)37-15-6-4-5-9-22-11-10-20-8-7-13-31-28(20)32-22/h7-8,13,16-17,19,22-23,26H,4-6,9-12,14-15,18H2,1-3H3,(H,31,32)(H,34,35)/t22-,23+,26-/m0/s1. The number of methoxy groups -OCH3 is 1. The molecule has 0 saturated carbocycles. The Kier molecular flexibility index (Phi) is 9.38. The molecule has 0 unspecified atom stereocenters. The summed E-state index contributed by atoms with van der Waals surface area (Å²) < 4.78 is 26.1. The van der Waals surface area contributed by atoms with E-state index in [-0.39, 0.29) is 17.8 Å². The zero-order valence-electron chi connectivity index (χ0n) is 22.2. The van der Waals surface area contributed by atoms with Gasteiger partial charge in [-0.2, -0.15) is 0 Å². The molecule has 0 spiro atoms. The third-order valence-electron chi connectivity index (χ3n) is 7.58. The number of rotatable bonds is 12. The van der Waals surface area contributed by atoms with E-state index in [2.05, 4.69) is 16.4 Å². The van der Waals surface area contributed by atoms with E-state index < -0.39 is 17.8 Å². The number of hydrogen-bond donors (Lipinski definition) is 2. The van der Waals surface area contributed by atoms with Crippen LogP contribution in [-0.4, -0.2) is 59.9 Å². The van der Waals surface area contributed by atoms with Crippen LogP contribution in [0.25, 0.3) is 0 Å². The molecule has 7 nitrogen and oxygen atoms in total. The van der Waals surface area contributed by atoms with Gasteiger partial charge in [0.1, 0.15) is 11.9 Å². The average Bonchev–Trinajstić information content (AvgIpc) is 3.33. The number of nitrogens with zero attached hydrogens (tertiary/aromatic N) is 2. The summed E-state index contributed by atoms with van der Waals surface area (Å²) in [5, 5.41) is 13.6. The zero-order valence-corrected chi connectivity index (χ0v) is 22.2. The fourth-order valence-corrected chi connectivity index (χ4v) is 5.50. The summed E-state index contributed by atoms with van der Waals surface area (Å²) >= 11 is 0. The Morgan fingerprint density at radius 2 is 2.11 bits per heavy atom. The number of carboxylic acids is 1. The molecule has 8 heteroatoms. The Morgan fingerprint density at radius 3 is 2.86 bits per heavy atom. The minimum Gasteiger partial charge on any atom is -0.493 e. The number of anilines is 1. The molecule has 0 amide bonds. The fourth-order valence-electron chi connectivity index (χ4n) is 5.50. The van der Waals surface area contributed by atoms with Crippen molar-refractivity contribution in [2.45, 2.75) is 82.9 Å². The highest BCUT2D eigenvalue weighted by Crippen LogP contribution is 2.37. The molecule has 37 heavy (non-hydrogen) atoms. The van der Waals surface area contributed by atoms with Gasteiger partial charge in [-0.05, 0) is 67.3 Å². The van der Waals surface area contributed by atoms with Crippen LogP contribution in [0, 0.1) is 5.82 Å². The van der Waals surface area contributed by atoms with E-state index in [0.717, 1.165) is 56.3 Å². The van der Waals surface area contributed by atoms with Crippen molar-refractivity contribution in [1.29, 1.82) is 0 Å². The van der Waals surface area contributed by atoms with Crippen LogP contribution in [0.2, 0.25) is 0 Å². The number of halogens is 1. The zero-order chi connectivity index (χ0) is 26.4. The summed E-state index contributed by atoms with van der Waals surface area (Å²) in [6.45, 7) is 5.68. The van der Waals surface area contributed by atoms with Crippen LogP contribution in [0.15, 0.2) is 30.5 Å². The lowest BCUT2D eigenvalue weighted by atomic mass is 9.95. The van der Waals surface area contributed by atoms with Crippen molar-refractivity contribution < 1.29 is 23.8 Å². The molecule has 1 aromatic heterocycles. The minimum atomic E-state index is -1.01. The summed E-state index contributed by atoms with van der Waals surface area (Å²) in [5.74, 6) is -0.416. The first-order valence-electron chi connectivity index (χ1n) is 13.5. The van der Waals surface area contributed by atoms with Crippen molar-refractivity contribution in [3.63, 3.8) is 0 Å². The molecule has 2 aliphatic heterocycles. The quantitative estimate of drug-likeness (QED) is 0.360. The van der Waals surface area contributed by atoms with Gasteiger partial charge >= 0.3 is 5.97 Å². The smallest absolute Gasteiger partial charge is 0.325 e. The lowest BCUT2D eigenvalue weighted by Gasteiger charge is -2.27. The monoisotopic (exact) mass is 513 g/mol. The van der Waals surface area contributed by atoms with E-state index in [0.29, 0.717) is 31.3 Å². The number of carbonyl (C=O) groups is 1. The van der Waals surface area contributed by atoms with Crippen molar-refractivity contribution >= 4 is 11.8 Å². The molecule has 0 bridgehead atoms. The van der Waals surface area contributed by atoms with Gasteiger partial charge in [-0.1, -0.05) is 32.8 Å². The van der Waals surface area contributed by atoms with Crippen molar-refractivity contribution in [2.24, 2.45) is 0 Å². The van der Waals surface area contributed by atoms with E-state index in [1.807, 2.05) is 31.0 Å². The number of hydrogen-bond acceptors (Lipinski definition) is 6. The second kappa shape index (κ2) is 12.7. The molecule has 1 aromatic carbocycles. The first-order chi connectivity index (χ1) is 17.9. The number of pyridine rings is 1. The Bertz CT molecular complexity index is 1060. The predicted octanol–water partition coefficient (Wildman–Crippen LogP) is 5.56. The number of fused-ring (bicyclic) bond motifs is 1. The van der Waals surface area contributed by atoms with Gasteiger partial charge < -0.3 is 19.9 Å². The number of unbranched alkanes of at least 4 members (excludes halogenated alkanes) is 2. The van der Waals surface area contributed by atoms with Gasteiger partial charge in [0, 0.05) is 37.5 Å². The lowest BCUT2D eigenvalue weighted by molar-refractivity contribution is -0.143. The van der Waals surface area contributed by atoms with Gasteiger partial charge in [-0.15, -0.1) is 0 Å². The SMILES string of the molecule is COc1c(F)cc(C(C)C)cc1[C@@H](C(=O)O)N1CC[C@@H](OCCCCC[C@H]2CCc3cccnc3N2)C1. The maximum absolute atomic E-state index is 14.7. The summed E-state index contributed by atoms with van der Waals surface area (Å²) in [4.78, 5) is 18.6. The van der Waals surface area contributed by atoms with Gasteiger partial charge in [-0.25, -0.2) is 9.37 Å². The van der Waals surface area contributed by atoms with Crippen LogP contribution in [0.1, 0.15) is 81.0 Å². The largest absolute Gasteiger partial charge is 0.493 e. The summed E-state index contributed by atoms with van der Waals surface area (Å²) in [6.07, 6.45) is 9.15. The summed E-state index contributed by atoms with van der Waals surface area (Å²) in [5.41, 5.74) is 2.43. The second-order valence-corrected chi connectivity index (χ2v) is 10.5. The first-order valence-corrected chi connectivity index (χ1v) is 13.5. The Labute approximate surface area is 219 Å². The summed E-state index contributed by atoms with van der Waals surface area (Å²) in [7, 11) is 1.38. The molecule has 2 N–H and O–H groups in total. The number of carboxylic acid groups (broad SMARTS) is 1. The van der Waals surface area contributed by atoms with Crippen LogP contribution in [0.4, 0.5) is 10.2 Å². The number of aryl methyl sites for hydroxylation is 1. The highest BCUT2D eigenvalue weighted by Gasteiger charge is 2.36. The van der Waals surface area contributed by atoms with E-state index >= 15 is 0 Å². The van der Waals surface area contributed by atoms with E-state index in [1.165, 1.54) is 18.7 Å². The average molecular weight is 514 g/mol. The molecule has 2 aromatic rings. The third-order valence-corrected chi connectivity index (χ3v) is 7.58. The minimum absolute atomic E-state index is 0.00731. The maximum Gasteiger partial charge on any atom is 0.325 e. The molecular formula is C29H40FN3O4. The molecule has 0 aliphatic carbocycles. The van der Waals surface area contributed by atoms with E-state index in [1.54, 1.807) is 6.07 Å². The molecule has 202 valence electrons.